The molecule has 0 unspecified atom stereocenters. The summed E-state index contributed by atoms with van der Waals surface area (Å²) in [6.45, 7) is 1.96. The van der Waals surface area contributed by atoms with Crippen molar-refractivity contribution in [2.45, 2.75) is 6.92 Å². The number of nitrogens with one attached hydrogen (secondary N) is 1. The largest absolute Gasteiger partial charge is 0.306 e. The van der Waals surface area contributed by atoms with Gasteiger partial charge in [-0.05, 0) is 30.0 Å². The summed E-state index contributed by atoms with van der Waals surface area (Å²) in [6.07, 6.45) is 1.73. The highest BCUT2D eigenvalue weighted by Gasteiger charge is 2.06. The van der Waals surface area contributed by atoms with Crippen LogP contribution in [0.1, 0.15) is 15.2 Å². The van der Waals surface area contributed by atoms with Crippen LogP contribution in [0.15, 0.2) is 35.8 Å². The van der Waals surface area contributed by atoms with Crippen LogP contribution in [-0.4, -0.2) is 10.9 Å². The van der Waals surface area contributed by atoms with Crippen LogP contribution in [0.25, 0.3) is 0 Å². The summed E-state index contributed by atoms with van der Waals surface area (Å²) in [7, 11) is 0. The molecule has 4 heteroatoms. The molecule has 0 aliphatic heterocycles. The van der Waals surface area contributed by atoms with Gasteiger partial charge in [-0.15, -0.1) is 11.3 Å². The summed E-state index contributed by atoms with van der Waals surface area (Å²) >= 11 is 1.41. The molecule has 2 rings (SSSR count). The van der Waals surface area contributed by atoms with Crippen molar-refractivity contribution in [2.75, 3.05) is 5.32 Å². The molecule has 15 heavy (non-hydrogen) atoms. The lowest BCUT2D eigenvalue weighted by Crippen LogP contribution is -2.11. The van der Waals surface area contributed by atoms with E-state index in [1.165, 1.54) is 11.3 Å². The third-order valence-corrected chi connectivity index (χ3v) is 2.77. The van der Waals surface area contributed by atoms with Crippen LogP contribution in [0.4, 0.5) is 5.82 Å². The lowest BCUT2D eigenvalue weighted by molar-refractivity contribution is 0.103. The number of carbonyl (C=O) groups excluding carboxylic acids is 1. The van der Waals surface area contributed by atoms with Gasteiger partial charge in [-0.3, -0.25) is 4.79 Å². The zero-order valence-electron chi connectivity index (χ0n) is 8.23. The topological polar surface area (TPSA) is 42.0 Å². The van der Waals surface area contributed by atoms with E-state index in [-0.39, 0.29) is 5.91 Å². The summed E-state index contributed by atoms with van der Waals surface area (Å²) < 4.78 is 0. The number of thiophene rings is 1. The van der Waals surface area contributed by atoms with E-state index in [0.29, 0.717) is 10.7 Å². The fraction of sp³-hybridized carbons (Fsp3) is 0.0909. The first-order valence-corrected chi connectivity index (χ1v) is 5.41. The van der Waals surface area contributed by atoms with Crippen LogP contribution in [0.3, 0.4) is 0 Å². The maximum absolute atomic E-state index is 11.6. The maximum Gasteiger partial charge on any atom is 0.266 e. The lowest BCUT2D eigenvalue weighted by Gasteiger charge is -2.02. The number of hydrogen-bond acceptors (Lipinski definition) is 3. The molecule has 2 heterocycles. The molecular formula is C11H10N2OS. The van der Waals surface area contributed by atoms with Crippen molar-refractivity contribution in [1.82, 2.24) is 4.98 Å². The first-order valence-electron chi connectivity index (χ1n) is 4.53. The van der Waals surface area contributed by atoms with Crippen molar-refractivity contribution in [1.29, 1.82) is 0 Å². The standard InChI is InChI=1S/C11H10N2OS/c1-8-4-5-10(12-7-8)13-11(14)9-3-2-6-15-9/h2-7H,1H3,(H,12,13,14). The van der Waals surface area contributed by atoms with Gasteiger partial charge in [-0.2, -0.15) is 0 Å². The second kappa shape index (κ2) is 4.23. The van der Waals surface area contributed by atoms with Gasteiger partial charge in [0.2, 0.25) is 0 Å². The quantitative estimate of drug-likeness (QED) is 0.842. The van der Waals surface area contributed by atoms with Gasteiger partial charge in [0, 0.05) is 6.20 Å². The van der Waals surface area contributed by atoms with Crippen LogP contribution in [0.2, 0.25) is 0 Å². The molecule has 76 valence electrons. The van der Waals surface area contributed by atoms with Crippen LogP contribution >= 0.6 is 11.3 Å². The smallest absolute Gasteiger partial charge is 0.266 e. The minimum Gasteiger partial charge on any atom is -0.306 e. The van der Waals surface area contributed by atoms with Gasteiger partial charge in [-0.1, -0.05) is 12.1 Å². The summed E-state index contributed by atoms with van der Waals surface area (Å²) in [5, 5.41) is 4.60. The molecule has 0 saturated heterocycles. The monoisotopic (exact) mass is 218 g/mol. The summed E-state index contributed by atoms with van der Waals surface area (Å²) in [4.78, 5) is 16.4. The predicted molar refractivity (Wildman–Crippen MR) is 61.2 cm³/mol. The summed E-state index contributed by atoms with van der Waals surface area (Å²) in [6, 6.07) is 7.34. The van der Waals surface area contributed by atoms with E-state index < -0.39 is 0 Å². The zero-order valence-corrected chi connectivity index (χ0v) is 9.04. The van der Waals surface area contributed by atoms with Crippen molar-refractivity contribution >= 4 is 23.1 Å². The Balaban J connectivity index is 2.09. The number of pyridine rings is 1. The zero-order chi connectivity index (χ0) is 10.7. The number of nitrogens with zero attached hydrogens (tertiary/aromatic N) is 1. The molecule has 2 aromatic rings. The Morgan fingerprint density at radius 2 is 2.27 bits per heavy atom. The highest BCUT2D eigenvalue weighted by atomic mass is 32.1. The molecule has 1 N–H and O–H groups in total. The number of amides is 1. The number of aryl methyl sites for hydroxylation is 1. The molecule has 3 nitrogen and oxygen atoms in total. The van der Waals surface area contributed by atoms with Crippen molar-refractivity contribution < 1.29 is 4.79 Å². The molecule has 0 aliphatic carbocycles. The Bertz CT molecular complexity index is 448. The van der Waals surface area contributed by atoms with E-state index in [1.54, 1.807) is 18.3 Å². The lowest BCUT2D eigenvalue weighted by atomic mass is 10.3. The Labute approximate surface area is 91.8 Å². The van der Waals surface area contributed by atoms with Crippen molar-refractivity contribution in [3.8, 4) is 0 Å². The van der Waals surface area contributed by atoms with Gasteiger partial charge in [-0.25, -0.2) is 4.98 Å². The van der Waals surface area contributed by atoms with E-state index >= 15 is 0 Å². The Kier molecular flexibility index (Phi) is 2.78. The molecule has 0 fully saturated rings. The fourth-order valence-corrected chi connectivity index (χ4v) is 1.75. The normalized spacial score (nSPS) is 9.93. The number of anilines is 1. The van der Waals surface area contributed by atoms with Gasteiger partial charge in [0.15, 0.2) is 0 Å². The molecule has 0 saturated carbocycles. The average Bonchev–Trinajstić information content (AvgIpc) is 2.74. The molecule has 0 spiro atoms. The Morgan fingerprint density at radius 1 is 1.40 bits per heavy atom. The molecule has 0 aromatic carbocycles. The van der Waals surface area contributed by atoms with E-state index in [9.17, 15) is 4.79 Å². The molecule has 2 aromatic heterocycles. The van der Waals surface area contributed by atoms with Gasteiger partial charge in [0.1, 0.15) is 5.82 Å². The molecule has 0 bridgehead atoms. The van der Waals surface area contributed by atoms with Gasteiger partial charge in [0.25, 0.3) is 5.91 Å². The van der Waals surface area contributed by atoms with E-state index in [1.807, 2.05) is 24.4 Å². The van der Waals surface area contributed by atoms with Gasteiger partial charge in [0.05, 0.1) is 4.88 Å². The van der Waals surface area contributed by atoms with Crippen LogP contribution in [-0.2, 0) is 0 Å². The third kappa shape index (κ3) is 2.41. The van der Waals surface area contributed by atoms with Crippen LogP contribution in [0, 0.1) is 6.92 Å². The number of rotatable bonds is 2. The Morgan fingerprint density at radius 3 is 2.87 bits per heavy atom. The molecule has 0 atom stereocenters. The summed E-state index contributed by atoms with van der Waals surface area (Å²) in [5.74, 6) is 0.473. The minimum absolute atomic E-state index is 0.110. The molecule has 0 aliphatic rings. The average molecular weight is 218 g/mol. The molecule has 1 amide bonds. The number of aromatic nitrogens is 1. The van der Waals surface area contributed by atoms with Crippen molar-refractivity contribution in [3.63, 3.8) is 0 Å². The van der Waals surface area contributed by atoms with E-state index in [4.69, 9.17) is 0 Å². The minimum atomic E-state index is -0.110. The third-order valence-electron chi connectivity index (χ3n) is 1.90. The predicted octanol–water partition coefficient (Wildman–Crippen LogP) is 2.70. The molecule has 0 radical (unpaired) electrons. The SMILES string of the molecule is Cc1ccc(NC(=O)c2cccs2)nc1. The van der Waals surface area contributed by atoms with Crippen molar-refractivity contribution in [2.24, 2.45) is 0 Å². The second-order valence-electron chi connectivity index (χ2n) is 3.15. The highest BCUT2D eigenvalue weighted by Crippen LogP contribution is 2.11. The summed E-state index contributed by atoms with van der Waals surface area (Å²) in [5.41, 5.74) is 1.07. The fourth-order valence-electron chi connectivity index (χ4n) is 1.13. The van der Waals surface area contributed by atoms with Gasteiger partial charge < -0.3 is 5.32 Å². The Hall–Kier alpha value is -1.68. The van der Waals surface area contributed by atoms with E-state index in [0.717, 1.165) is 5.56 Å². The van der Waals surface area contributed by atoms with Crippen LogP contribution in [0.5, 0.6) is 0 Å². The molecular weight excluding hydrogens is 208 g/mol. The number of hydrogen-bond donors (Lipinski definition) is 1. The highest BCUT2D eigenvalue weighted by molar-refractivity contribution is 7.12. The van der Waals surface area contributed by atoms with Crippen molar-refractivity contribution in [3.05, 3.63) is 46.3 Å². The van der Waals surface area contributed by atoms with Crippen LogP contribution < -0.4 is 5.32 Å². The maximum atomic E-state index is 11.6. The van der Waals surface area contributed by atoms with E-state index in [2.05, 4.69) is 10.3 Å². The first-order chi connectivity index (χ1) is 7.25. The van der Waals surface area contributed by atoms with Gasteiger partial charge >= 0.3 is 0 Å². The second-order valence-corrected chi connectivity index (χ2v) is 4.10. The number of carbonyl (C=O) groups is 1. The first kappa shape index (κ1) is 9.86.